The summed E-state index contributed by atoms with van der Waals surface area (Å²) < 4.78 is 4.64. The van der Waals surface area contributed by atoms with Crippen LogP contribution in [0.15, 0.2) is 29.0 Å². The van der Waals surface area contributed by atoms with Gasteiger partial charge in [0, 0.05) is 4.88 Å². The molecule has 7 heteroatoms. The average molecular weight is 296 g/mol. The van der Waals surface area contributed by atoms with E-state index in [0.717, 1.165) is 4.88 Å². The summed E-state index contributed by atoms with van der Waals surface area (Å²) in [6.07, 6.45) is 0. The second-order valence-corrected chi connectivity index (χ2v) is 5.49. The Hall–Kier alpha value is -1.86. The number of carbonyl (C=O) groups excluding carboxylic acids is 2. The van der Waals surface area contributed by atoms with Crippen LogP contribution in [-0.2, 0) is 11.3 Å². The molecule has 2 N–H and O–H groups in total. The Balaban J connectivity index is 1.92. The minimum Gasteiger partial charge on any atom is -0.465 e. The minimum atomic E-state index is -0.455. The highest BCUT2D eigenvalue weighted by atomic mass is 32.1. The van der Waals surface area contributed by atoms with Crippen molar-refractivity contribution >= 4 is 40.4 Å². The summed E-state index contributed by atoms with van der Waals surface area (Å²) >= 11 is 2.80. The molecule has 2 aromatic rings. The van der Waals surface area contributed by atoms with E-state index in [4.69, 9.17) is 0 Å². The molecule has 0 bridgehead atoms. The van der Waals surface area contributed by atoms with Crippen molar-refractivity contribution in [2.24, 2.45) is 0 Å². The highest BCUT2D eigenvalue weighted by Crippen LogP contribution is 2.22. The van der Waals surface area contributed by atoms with Crippen LogP contribution in [0.5, 0.6) is 0 Å². The van der Waals surface area contributed by atoms with Crippen molar-refractivity contribution in [3.63, 3.8) is 0 Å². The number of nitrogens with one attached hydrogen (secondary N) is 2. The highest BCUT2D eigenvalue weighted by molar-refractivity contribution is 7.12. The Morgan fingerprint density at radius 1 is 1.26 bits per heavy atom. The molecule has 0 aliphatic carbocycles. The van der Waals surface area contributed by atoms with Gasteiger partial charge in [-0.2, -0.15) is 0 Å². The fourth-order valence-corrected chi connectivity index (χ4v) is 2.82. The molecule has 0 atom stereocenters. The fraction of sp³-hybridized carbons (Fsp3) is 0.167. The van der Waals surface area contributed by atoms with E-state index in [1.807, 2.05) is 17.5 Å². The molecule has 0 aliphatic heterocycles. The molecule has 19 heavy (non-hydrogen) atoms. The van der Waals surface area contributed by atoms with Crippen molar-refractivity contribution in [2.45, 2.75) is 6.54 Å². The first kappa shape index (κ1) is 13.6. The first-order chi connectivity index (χ1) is 9.20. The van der Waals surface area contributed by atoms with Gasteiger partial charge in [0.25, 0.3) is 0 Å². The van der Waals surface area contributed by atoms with E-state index in [1.54, 1.807) is 22.8 Å². The number of amides is 2. The molecular weight excluding hydrogens is 284 g/mol. The smallest absolute Gasteiger partial charge is 0.350 e. The third-order valence-electron chi connectivity index (χ3n) is 2.29. The minimum absolute atomic E-state index is 0.350. The van der Waals surface area contributed by atoms with E-state index >= 15 is 0 Å². The summed E-state index contributed by atoms with van der Waals surface area (Å²) in [5.41, 5.74) is 0.459. The van der Waals surface area contributed by atoms with Gasteiger partial charge in [0.1, 0.15) is 4.88 Å². The van der Waals surface area contributed by atoms with Crippen LogP contribution in [0.4, 0.5) is 10.5 Å². The lowest BCUT2D eigenvalue weighted by molar-refractivity contribution is 0.0607. The van der Waals surface area contributed by atoms with Gasteiger partial charge in [-0.3, -0.25) is 0 Å². The molecule has 0 radical (unpaired) electrons. The monoisotopic (exact) mass is 296 g/mol. The van der Waals surface area contributed by atoms with E-state index in [0.29, 0.717) is 17.1 Å². The third-order valence-corrected chi connectivity index (χ3v) is 4.06. The number of urea groups is 1. The van der Waals surface area contributed by atoms with Crippen LogP contribution < -0.4 is 10.6 Å². The number of ether oxygens (including phenoxy) is 1. The summed E-state index contributed by atoms with van der Waals surface area (Å²) in [6, 6.07) is 5.18. The number of thiophene rings is 2. The standard InChI is InChI=1S/C12H12N2O3S2/c1-17-11(15)10-9(4-6-19-10)14-12(16)13-7-8-3-2-5-18-8/h2-6H,7H2,1H3,(H2,13,14,16). The number of methoxy groups -OCH3 is 1. The quantitative estimate of drug-likeness (QED) is 0.852. The molecule has 0 fully saturated rings. The van der Waals surface area contributed by atoms with Gasteiger partial charge in [0.05, 0.1) is 19.3 Å². The molecule has 100 valence electrons. The van der Waals surface area contributed by atoms with Crippen molar-refractivity contribution < 1.29 is 14.3 Å². The van der Waals surface area contributed by atoms with Crippen LogP contribution in [-0.4, -0.2) is 19.1 Å². The molecular formula is C12H12N2O3S2. The Morgan fingerprint density at radius 2 is 2.11 bits per heavy atom. The fourth-order valence-electron chi connectivity index (χ4n) is 1.41. The van der Waals surface area contributed by atoms with Crippen LogP contribution in [0.3, 0.4) is 0 Å². The zero-order valence-corrected chi connectivity index (χ0v) is 11.8. The number of anilines is 1. The van der Waals surface area contributed by atoms with Crippen molar-refractivity contribution in [1.82, 2.24) is 5.32 Å². The van der Waals surface area contributed by atoms with Crippen LogP contribution >= 0.6 is 22.7 Å². The second kappa shape index (κ2) is 6.35. The van der Waals surface area contributed by atoms with E-state index < -0.39 is 5.97 Å². The van der Waals surface area contributed by atoms with Gasteiger partial charge < -0.3 is 15.4 Å². The van der Waals surface area contributed by atoms with Crippen molar-refractivity contribution in [1.29, 1.82) is 0 Å². The van der Waals surface area contributed by atoms with Gasteiger partial charge in [0.2, 0.25) is 0 Å². The molecule has 2 amide bonds. The predicted octanol–water partition coefficient (Wildman–Crippen LogP) is 2.92. The Kier molecular flexibility index (Phi) is 4.53. The predicted molar refractivity (Wildman–Crippen MR) is 75.8 cm³/mol. The molecule has 5 nitrogen and oxygen atoms in total. The molecule has 0 spiro atoms. The normalized spacial score (nSPS) is 9.95. The topological polar surface area (TPSA) is 67.4 Å². The Morgan fingerprint density at radius 3 is 2.79 bits per heavy atom. The first-order valence-electron chi connectivity index (χ1n) is 5.43. The largest absolute Gasteiger partial charge is 0.465 e. The second-order valence-electron chi connectivity index (χ2n) is 3.54. The number of rotatable bonds is 4. The number of hydrogen-bond acceptors (Lipinski definition) is 5. The molecule has 0 aromatic carbocycles. The molecule has 0 saturated carbocycles. The molecule has 2 heterocycles. The lowest BCUT2D eigenvalue weighted by Gasteiger charge is -2.06. The van der Waals surface area contributed by atoms with Crippen LogP contribution in [0.2, 0.25) is 0 Å². The number of esters is 1. The summed E-state index contributed by atoms with van der Waals surface area (Å²) in [4.78, 5) is 24.6. The summed E-state index contributed by atoms with van der Waals surface area (Å²) in [5, 5.41) is 9.02. The van der Waals surface area contributed by atoms with Crippen molar-refractivity contribution in [3.05, 3.63) is 38.7 Å². The Bertz CT molecular complexity index is 563. The van der Waals surface area contributed by atoms with Crippen LogP contribution in [0.25, 0.3) is 0 Å². The zero-order valence-electron chi connectivity index (χ0n) is 10.1. The van der Waals surface area contributed by atoms with Gasteiger partial charge in [-0.25, -0.2) is 9.59 Å². The molecule has 0 unspecified atom stereocenters. The molecule has 0 saturated heterocycles. The SMILES string of the molecule is COC(=O)c1sccc1NC(=O)NCc1cccs1. The maximum Gasteiger partial charge on any atom is 0.350 e. The number of hydrogen-bond donors (Lipinski definition) is 2. The highest BCUT2D eigenvalue weighted by Gasteiger charge is 2.15. The average Bonchev–Trinajstić information content (AvgIpc) is 3.06. The van der Waals surface area contributed by atoms with Crippen LogP contribution in [0, 0.1) is 0 Å². The zero-order chi connectivity index (χ0) is 13.7. The molecule has 2 rings (SSSR count). The van der Waals surface area contributed by atoms with Crippen molar-refractivity contribution in [2.75, 3.05) is 12.4 Å². The summed E-state index contributed by atoms with van der Waals surface area (Å²) in [6.45, 7) is 0.460. The summed E-state index contributed by atoms with van der Waals surface area (Å²) in [7, 11) is 1.31. The summed E-state index contributed by atoms with van der Waals surface area (Å²) in [5.74, 6) is -0.455. The lowest BCUT2D eigenvalue weighted by Crippen LogP contribution is -2.28. The van der Waals surface area contributed by atoms with Crippen molar-refractivity contribution in [3.8, 4) is 0 Å². The van der Waals surface area contributed by atoms with Crippen LogP contribution in [0.1, 0.15) is 14.5 Å². The molecule has 2 aromatic heterocycles. The van der Waals surface area contributed by atoms with Gasteiger partial charge >= 0.3 is 12.0 Å². The van der Waals surface area contributed by atoms with E-state index in [9.17, 15) is 9.59 Å². The maximum atomic E-state index is 11.7. The number of carbonyl (C=O) groups is 2. The van der Waals surface area contributed by atoms with E-state index in [2.05, 4.69) is 15.4 Å². The van der Waals surface area contributed by atoms with Gasteiger partial charge in [-0.1, -0.05) is 6.07 Å². The van der Waals surface area contributed by atoms with E-state index in [-0.39, 0.29) is 6.03 Å². The van der Waals surface area contributed by atoms with Gasteiger partial charge in [-0.15, -0.1) is 22.7 Å². The van der Waals surface area contributed by atoms with Gasteiger partial charge in [0.15, 0.2) is 0 Å². The Labute approximate surface area is 118 Å². The maximum absolute atomic E-state index is 11.7. The molecule has 0 aliphatic rings. The van der Waals surface area contributed by atoms with Gasteiger partial charge in [-0.05, 0) is 22.9 Å². The first-order valence-corrected chi connectivity index (χ1v) is 7.19. The van der Waals surface area contributed by atoms with E-state index in [1.165, 1.54) is 18.4 Å². The third kappa shape index (κ3) is 3.55. The lowest BCUT2D eigenvalue weighted by atomic mass is 10.4.